The molecular formula is C17H17NO2. The summed E-state index contributed by atoms with van der Waals surface area (Å²) in [7, 11) is 0. The number of carboxylic acid groups (broad SMARTS) is 1. The molecule has 1 aromatic carbocycles. The normalized spacial score (nSPS) is 16.9. The second-order valence-electron chi connectivity index (χ2n) is 5.31. The zero-order chi connectivity index (χ0) is 13.9. The van der Waals surface area contributed by atoms with Crippen molar-refractivity contribution >= 4 is 5.97 Å². The predicted molar refractivity (Wildman–Crippen MR) is 77.0 cm³/mol. The lowest BCUT2D eigenvalue weighted by Gasteiger charge is -2.12. The number of aromatic nitrogens is 1. The van der Waals surface area contributed by atoms with E-state index in [1.165, 1.54) is 23.7 Å². The maximum atomic E-state index is 11.2. The lowest BCUT2D eigenvalue weighted by molar-refractivity contribution is 0.0695. The van der Waals surface area contributed by atoms with Gasteiger partial charge in [-0.2, -0.15) is 0 Å². The van der Waals surface area contributed by atoms with Crippen LogP contribution in [-0.4, -0.2) is 16.1 Å². The van der Waals surface area contributed by atoms with Crippen LogP contribution in [0.1, 0.15) is 45.8 Å². The molecule has 0 saturated carbocycles. The van der Waals surface area contributed by atoms with E-state index in [1.807, 2.05) is 0 Å². The molecule has 1 aliphatic rings. The van der Waals surface area contributed by atoms with Crippen molar-refractivity contribution < 1.29 is 9.90 Å². The molecule has 0 aliphatic heterocycles. The highest BCUT2D eigenvalue weighted by molar-refractivity contribution is 5.89. The van der Waals surface area contributed by atoms with Crippen LogP contribution in [0, 0.1) is 0 Å². The third-order valence-electron chi connectivity index (χ3n) is 4.15. The third-order valence-corrected chi connectivity index (χ3v) is 4.15. The Bertz CT molecular complexity index is 636. The molecular weight excluding hydrogens is 250 g/mol. The number of carboxylic acids is 1. The van der Waals surface area contributed by atoms with Crippen molar-refractivity contribution in [1.82, 2.24) is 4.98 Å². The van der Waals surface area contributed by atoms with Gasteiger partial charge >= 0.3 is 5.97 Å². The minimum Gasteiger partial charge on any atom is -0.478 e. The van der Waals surface area contributed by atoms with Gasteiger partial charge in [0.05, 0.1) is 5.56 Å². The van der Waals surface area contributed by atoms with Crippen LogP contribution in [0.2, 0.25) is 0 Å². The second-order valence-corrected chi connectivity index (χ2v) is 5.31. The van der Waals surface area contributed by atoms with Crippen LogP contribution in [0.4, 0.5) is 0 Å². The first-order chi connectivity index (χ1) is 9.75. The van der Waals surface area contributed by atoms with Crippen molar-refractivity contribution in [2.24, 2.45) is 0 Å². The van der Waals surface area contributed by atoms with Crippen LogP contribution in [0.3, 0.4) is 0 Å². The van der Waals surface area contributed by atoms with Crippen LogP contribution < -0.4 is 0 Å². The topological polar surface area (TPSA) is 50.2 Å². The molecule has 0 saturated heterocycles. The maximum Gasteiger partial charge on any atom is 0.336 e. The van der Waals surface area contributed by atoms with Gasteiger partial charge in [-0.25, -0.2) is 4.79 Å². The minimum atomic E-state index is -0.866. The molecule has 0 radical (unpaired) electrons. The van der Waals surface area contributed by atoms with Crippen molar-refractivity contribution in [3.8, 4) is 0 Å². The van der Waals surface area contributed by atoms with Gasteiger partial charge in [0.25, 0.3) is 0 Å². The van der Waals surface area contributed by atoms with Crippen LogP contribution >= 0.6 is 0 Å². The molecule has 0 amide bonds. The minimum absolute atomic E-state index is 0.381. The van der Waals surface area contributed by atoms with Crippen molar-refractivity contribution in [2.45, 2.75) is 31.6 Å². The van der Waals surface area contributed by atoms with E-state index in [0.29, 0.717) is 11.5 Å². The molecule has 0 fully saturated rings. The Labute approximate surface area is 118 Å². The summed E-state index contributed by atoms with van der Waals surface area (Å²) in [4.78, 5) is 15.2. The molecule has 1 unspecified atom stereocenters. The van der Waals surface area contributed by atoms with E-state index >= 15 is 0 Å². The fourth-order valence-electron chi connectivity index (χ4n) is 3.11. The quantitative estimate of drug-likeness (QED) is 0.923. The number of aromatic carboxylic acids is 1. The first-order valence-electron chi connectivity index (χ1n) is 6.99. The molecule has 0 bridgehead atoms. The molecule has 1 atom stereocenters. The highest BCUT2D eigenvalue weighted by Crippen LogP contribution is 2.36. The Morgan fingerprint density at radius 2 is 2.15 bits per heavy atom. The zero-order valence-electron chi connectivity index (χ0n) is 11.2. The van der Waals surface area contributed by atoms with Gasteiger partial charge in [-0.1, -0.05) is 24.3 Å². The first kappa shape index (κ1) is 12.9. The van der Waals surface area contributed by atoms with E-state index in [4.69, 9.17) is 0 Å². The zero-order valence-corrected chi connectivity index (χ0v) is 11.2. The maximum absolute atomic E-state index is 11.2. The van der Waals surface area contributed by atoms with Gasteiger partial charge in [-0.15, -0.1) is 0 Å². The Hall–Kier alpha value is -2.16. The average Bonchev–Trinajstić information content (AvgIpc) is 2.88. The lowest BCUT2D eigenvalue weighted by Crippen LogP contribution is -2.05. The Morgan fingerprint density at radius 3 is 3.00 bits per heavy atom. The molecule has 3 nitrogen and oxygen atoms in total. The van der Waals surface area contributed by atoms with E-state index in [9.17, 15) is 9.90 Å². The molecule has 20 heavy (non-hydrogen) atoms. The van der Waals surface area contributed by atoms with E-state index in [-0.39, 0.29) is 0 Å². The van der Waals surface area contributed by atoms with Crippen molar-refractivity contribution in [3.63, 3.8) is 0 Å². The molecule has 102 valence electrons. The molecule has 1 aromatic heterocycles. The van der Waals surface area contributed by atoms with Gasteiger partial charge < -0.3 is 5.11 Å². The monoisotopic (exact) mass is 267 g/mol. The first-order valence-corrected chi connectivity index (χ1v) is 6.99. The third kappa shape index (κ3) is 2.44. The van der Waals surface area contributed by atoms with Crippen LogP contribution in [0.25, 0.3) is 0 Å². The van der Waals surface area contributed by atoms with Crippen LogP contribution in [0.15, 0.2) is 42.7 Å². The number of aryl methyl sites for hydroxylation is 2. The number of carbonyl (C=O) groups is 1. The number of nitrogens with zero attached hydrogens (tertiary/aromatic N) is 1. The molecule has 3 rings (SSSR count). The van der Waals surface area contributed by atoms with Crippen LogP contribution in [0.5, 0.6) is 0 Å². The van der Waals surface area contributed by atoms with E-state index in [1.54, 1.807) is 12.3 Å². The van der Waals surface area contributed by atoms with Gasteiger partial charge in [-0.05, 0) is 54.4 Å². The molecule has 1 aliphatic carbocycles. The molecule has 3 heteroatoms. The standard InChI is InChI=1S/C17H17NO2/c19-17(20)16-9-10-18-11-14(16)8-7-13-6-5-12-3-1-2-4-15(12)13/h1-4,9-11,13H,5-8H2,(H,19,20). The predicted octanol–water partition coefficient (Wildman–Crippen LogP) is 3.44. The number of rotatable bonds is 4. The summed E-state index contributed by atoms with van der Waals surface area (Å²) in [6.07, 6.45) is 7.29. The van der Waals surface area contributed by atoms with Gasteiger partial charge in [-0.3, -0.25) is 4.98 Å². The summed E-state index contributed by atoms with van der Waals surface area (Å²) >= 11 is 0. The van der Waals surface area contributed by atoms with Crippen molar-refractivity contribution in [1.29, 1.82) is 0 Å². The average molecular weight is 267 g/mol. The van der Waals surface area contributed by atoms with Crippen molar-refractivity contribution in [3.05, 3.63) is 65.0 Å². The second kappa shape index (κ2) is 5.45. The molecule has 0 spiro atoms. The summed E-state index contributed by atoms with van der Waals surface area (Å²) in [5.74, 6) is -0.317. The summed E-state index contributed by atoms with van der Waals surface area (Å²) < 4.78 is 0. The Kier molecular flexibility index (Phi) is 3.50. The number of hydrogen-bond acceptors (Lipinski definition) is 2. The highest BCUT2D eigenvalue weighted by atomic mass is 16.4. The molecule has 1 heterocycles. The fourth-order valence-corrected chi connectivity index (χ4v) is 3.11. The van der Waals surface area contributed by atoms with E-state index < -0.39 is 5.97 Å². The summed E-state index contributed by atoms with van der Waals surface area (Å²) in [5.41, 5.74) is 4.10. The van der Waals surface area contributed by atoms with Gasteiger partial charge in [0, 0.05) is 12.4 Å². The van der Waals surface area contributed by atoms with Gasteiger partial charge in [0.15, 0.2) is 0 Å². The Morgan fingerprint density at radius 1 is 1.30 bits per heavy atom. The Balaban J connectivity index is 1.74. The number of benzene rings is 1. The summed E-state index contributed by atoms with van der Waals surface area (Å²) in [6, 6.07) is 10.2. The van der Waals surface area contributed by atoms with Gasteiger partial charge in [0.1, 0.15) is 0 Å². The molecule has 2 aromatic rings. The number of hydrogen-bond donors (Lipinski definition) is 1. The van der Waals surface area contributed by atoms with Gasteiger partial charge in [0.2, 0.25) is 0 Å². The van der Waals surface area contributed by atoms with E-state index in [2.05, 4.69) is 29.2 Å². The largest absolute Gasteiger partial charge is 0.478 e. The lowest BCUT2D eigenvalue weighted by atomic mass is 9.93. The van der Waals surface area contributed by atoms with Crippen LogP contribution in [-0.2, 0) is 12.8 Å². The smallest absolute Gasteiger partial charge is 0.336 e. The molecule has 1 N–H and O–H groups in total. The number of fused-ring (bicyclic) bond motifs is 1. The summed E-state index contributed by atoms with van der Waals surface area (Å²) in [6.45, 7) is 0. The number of pyridine rings is 1. The SMILES string of the molecule is O=C(O)c1ccncc1CCC1CCc2ccccc21. The van der Waals surface area contributed by atoms with Crippen molar-refractivity contribution in [2.75, 3.05) is 0 Å². The fraction of sp³-hybridized carbons (Fsp3) is 0.294. The highest BCUT2D eigenvalue weighted by Gasteiger charge is 2.22. The summed E-state index contributed by atoms with van der Waals surface area (Å²) in [5, 5.41) is 9.19. The van der Waals surface area contributed by atoms with E-state index in [0.717, 1.165) is 24.8 Å².